The highest BCUT2D eigenvalue weighted by Crippen LogP contribution is 2.10. The van der Waals surface area contributed by atoms with Crippen LogP contribution >= 0.6 is 12.2 Å². The van der Waals surface area contributed by atoms with Crippen LogP contribution in [-0.2, 0) is 11.4 Å². The molecule has 8 heteroatoms. The number of aromatic nitrogens is 3. The van der Waals surface area contributed by atoms with Crippen molar-refractivity contribution in [1.82, 2.24) is 24.1 Å². The molecule has 7 nitrogen and oxygen atoms in total. The molecule has 1 aromatic carbocycles. The molecule has 0 atom stereocenters. The van der Waals surface area contributed by atoms with Crippen LogP contribution in [0.15, 0.2) is 36.7 Å². The fourth-order valence-corrected chi connectivity index (χ4v) is 2.93. The van der Waals surface area contributed by atoms with Crippen molar-refractivity contribution in [3.8, 4) is 5.69 Å². The van der Waals surface area contributed by atoms with Gasteiger partial charge in [0.25, 0.3) is 0 Å². The Hall–Kier alpha value is -2.19. The van der Waals surface area contributed by atoms with Gasteiger partial charge in [0, 0.05) is 31.9 Å². The van der Waals surface area contributed by atoms with Crippen LogP contribution in [0.4, 0.5) is 4.79 Å². The number of amides is 1. The van der Waals surface area contributed by atoms with E-state index in [2.05, 4.69) is 10.00 Å². The number of hydrogen-bond donors (Lipinski definition) is 0. The number of rotatable bonds is 4. The van der Waals surface area contributed by atoms with Crippen molar-refractivity contribution >= 4 is 18.3 Å². The third kappa shape index (κ3) is 3.65. The second-order valence-electron chi connectivity index (χ2n) is 5.56. The maximum absolute atomic E-state index is 11.7. The van der Waals surface area contributed by atoms with Crippen molar-refractivity contribution in [2.75, 3.05) is 32.8 Å². The molecule has 1 fully saturated rings. The number of carbonyl (C=O) groups is 1. The van der Waals surface area contributed by atoms with Gasteiger partial charge in [0.15, 0.2) is 0 Å². The van der Waals surface area contributed by atoms with Crippen LogP contribution in [0.5, 0.6) is 0 Å². The lowest BCUT2D eigenvalue weighted by Gasteiger charge is -2.33. The molecule has 1 aliphatic heterocycles. The lowest BCUT2D eigenvalue weighted by molar-refractivity contribution is 0.0691. The Kier molecular flexibility index (Phi) is 5.27. The Labute approximate surface area is 146 Å². The first kappa shape index (κ1) is 16.7. The normalized spacial score (nSPS) is 15.5. The number of carbonyl (C=O) groups excluding carboxylic acids is 1. The lowest BCUT2D eigenvalue weighted by atomic mass is 10.3. The summed E-state index contributed by atoms with van der Waals surface area (Å²) in [5.74, 6) is 0. The van der Waals surface area contributed by atoms with Crippen LogP contribution in [0.1, 0.15) is 6.92 Å². The molecule has 24 heavy (non-hydrogen) atoms. The minimum Gasteiger partial charge on any atom is -0.450 e. The zero-order valence-corrected chi connectivity index (χ0v) is 14.5. The van der Waals surface area contributed by atoms with Crippen LogP contribution < -0.4 is 0 Å². The van der Waals surface area contributed by atoms with Crippen molar-refractivity contribution in [3.05, 3.63) is 41.4 Å². The number of hydrogen-bond acceptors (Lipinski definition) is 5. The highest BCUT2D eigenvalue weighted by atomic mass is 32.1. The van der Waals surface area contributed by atoms with Crippen molar-refractivity contribution in [1.29, 1.82) is 0 Å². The summed E-state index contributed by atoms with van der Waals surface area (Å²) in [6, 6.07) is 9.92. The summed E-state index contributed by atoms with van der Waals surface area (Å²) in [6.07, 6.45) is 1.51. The maximum Gasteiger partial charge on any atom is 0.409 e. The third-order valence-electron chi connectivity index (χ3n) is 4.00. The molecule has 0 radical (unpaired) electrons. The lowest BCUT2D eigenvalue weighted by Crippen LogP contribution is -2.49. The van der Waals surface area contributed by atoms with E-state index in [1.807, 2.05) is 46.5 Å². The molecule has 1 amide bonds. The van der Waals surface area contributed by atoms with Crippen LogP contribution in [0, 0.1) is 4.77 Å². The second kappa shape index (κ2) is 7.59. The quantitative estimate of drug-likeness (QED) is 0.793. The summed E-state index contributed by atoms with van der Waals surface area (Å²) in [6.45, 7) is 5.72. The van der Waals surface area contributed by atoms with Gasteiger partial charge in [0.2, 0.25) is 4.77 Å². The molecule has 3 rings (SSSR count). The van der Waals surface area contributed by atoms with Gasteiger partial charge in [-0.1, -0.05) is 18.2 Å². The monoisotopic (exact) mass is 347 g/mol. The molecule has 128 valence electrons. The molecule has 1 aromatic heterocycles. The van der Waals surface area contributed by atoms with Crippen molar-refractivity contribution < 1.29 is 9.53 Å². The van der Waals surface area contributed by atoms with Gasteiger partial charge in [-0.3, -0.25) is 9.47 Å². The molecular weight excluding hydrogens is 326 g/mol. The summed E-state index contributed by atoms with van der Waals surface area (Å²) >= 11 is 5.53. The molecule has 0 unspecified atom stereocenters. The van der Waals surface area contributed by atoms with Crippen molar-refractivity contribution in [3.63, 3.8) is 0 Å². The van der Waals surface area contributed by atoms with Gasteiger partial charge in [0.05, 0.1) is 13.3 Å². The van der Waals surface area contributed by atoms with Gasteiger partial charge in [-0.15, -0.1) is 0 Å². The first-order chi connectivity index (χ1) is 11.7. The summed E-state index contributed by atoms with van der Waals surface area (Å²) in [7, 11) is 0. The number of nitrogens with zero attached hydrogens (tertiary/aromatic N) is 5. The summed E-state index contributed by atoms with van der Waals surface area (Å²) in [5, 5.41) is 4.40. The van der Waals surface area contributed by atoms with Gasteiger partial charge < -0.3 is 9.64 Å². The molecule has 0 bridgehead atoms. The highest BCUT2D eigenvalue weighted by molar-refractivity contribution is 7.71. The fourth-order valence-electron chi connectivity index (χ4n) is 2.68. The molecule has 0 saturated carbocycles. The SMILES string of the molecule is CCOC(=O)N1CCN(Cn2ncn(-c3ccccc3)c2=S)CC1. The molecule has 2 aromatic rings. The van der Waals surface area contributed by atoms with Gasteiger partial charge >= 0.3 is 6.09 Å². The maximum atomic E-state index is 11.7. The Morgan fingerprint density at radius 1 is 1.21 bits per heavy atom. The standard InChI is InChI=1S/C16H21N5O2S/c1-2-23-16(22)19-10-8-18(9-11-19)13-21-15(24)20(12-17-21)14-6-4-3-5-7-14/h3-7,12H,2,8-11,13H2,1H3. The smallest absolute Gasteiger partial charge is 0.409 e. The van der Waals surface area contributed by atoms with E-state index in [9.17, 15) is 4.79 Å². The van der Waals surface area contributed by atoms with Gasteiger partial charge in [-0.05, 0) is 31.3 Å². The van der Waals surface area contributed by atoms with Crippen LogP contribution in [0.25, 0.3) is 5.69 Å². The predicted molar refractivity (Wildman–Crippen MR) is 92.6 cm³/mol. The fraction of sp³-hybridized carbons (Fsp3) is 0.438. The highest BCUT2D eigenvalue weighted by Gasteiger charge is 2.22. The minimum absolute atomic E-state index is 0.234. The zero-order chi connectivity index (χ0) is 16.9. The zero-order valence-electron chi connectivity index (χ0n) is 13.7. The molecule has 0 aliphatic carbocycles. The summed E-state index contributed by atoms with van der Waals surface area (Å²) in [4.78, 5) is 15.7. The molecule has 2 heterocycles. The van der Waals surface area contributed by atoms with Gasteiger partial charge in [-0.2, -0.15) is 5.10 Å². The van der Waals surface area contributed by atoms with E-state index in [0.717, 1.165) is 18.8 Å². The number of ether oxygens (including phenoxy) is 1. The van der Waals surface area contributed by atoms with E-state index in [4.69, 9.17) is 17.0 Å². The second-order valence-corrected chi connectivity index (χ2v) is 5.93. The van der Waals surface area contributed by atoms with Crippen LogP contribution in [0.3, 0.4) is 0 Å². The average Bonchev–Trinajstić information content (AvgIpc) is 2.97. The van der Waals surface area contributed by atoms with Crippen molar-refractivity contribution in [2.24, 2.45) is 0 Å². The number of benzene rings is 1. The first-order valence-electron chi connectivity index (χ1n) is 8.03. The molecular formula is C16H21N5O2S. The van der Waals surface area contributed by atoms with E-state index >= 15 is 0 Å². The minimum atomic E-state index is -0.234. The Morgan fingerprint density at radius 3 is 2.58 bits per heavy atom. The van der Waals surface area contributed by atoms with E-state index in [1.54, 1.807) is 11.2 Å². The van der Waals surface area contributed by atoms with Gasteiger partial charge in [0.1, 0.15) is 6.33 Å². The largest absolute Gasteiger partial charge is 0.450 e. The molecule has 1 aliphatic rings. The van der Waals surface area contributed by atoms with Crippen molar-refractivity contribution in [2.45, 2.75) is 13.6 Å². The van der Waals surface area contributed by atoms with E-state index in [-0.39, 0.29) is 6.09 Å². The van der Waals surface area contributed by atoms with Crippen LogP contribution in [-0.4, -0.2) is 63.0 Å². The number of para-hydroxylation sites is 1. The molecule has 1 saturated heterocycles. The Morgan fingerprint density at radius 2 is 1.92 bits per heavy atom. The Bertz CT molecular complexity index is 734. The van der Waals surface area contributed by atoms with E-state index in [1.165, 1.54) is 0 Å². The third-order valence-corrected chi connectivity index (χ3v) is 4.41. The van der Waals surface area contributed by atoms with Crippen LogP contribution in [0.2, 0.25) is 0 Å². The predicted octanol–water partition coefficient (Wildman–Crippen LogP) is 2.13. The first-order valence-corrected chi connectivity index (χ1v) is 8.44. The molecule has 0 spiro atoms. The Balaban J connectivity index is 1.61. The summed E-state index contributed by atoms with van der Waals surface area (Å²) < 4.78 is 9.40. The van der Waals surface area contributed by atoms with E-state index in [0.29, 0.717) is 31.1 Å². The van der Waals surface area contributed by atoms with E-state index < -0.39 is 0 Å². The molecule has 0 N–H and O–H groups in total. The topological polar surface area (TPSA) is 55.5 Å². The number of piperazine rings is 1. The van der Waals surface area contributed by atoms with Gasteiger partial charge in [-0.25, -0.2) is 9.48 Å². The summed E-state index contributed by atoms with van der Waals surface area (Å²) in [5.41, 5.74) is 1.00. The average molecular weight is 347 g/mol.